The molecule has 3 rings (SSSR count). The molecule has 1 aliphatic heterocycles. The summed E-state index contributed by atoms with van der Waals surface area (Å²) in [5.41, 5.74) is 3.11. The van der Waals surface area contributed by atoms with Crippen molar-refractivity contribution in [2.75, 3.05) is 19.6 Å². The predicted octanol–water partition coefficient (Wildman–Crippen LogP) is 2.58. The van der Waals surface area contributed by atoms with E-state index in [9.17, 15) is 0 Å². The number of benzene rings is 1. The zero-order chi connectivity index (χ0) is 12.2. The van der Waals surface area contributed by atoms with Gasteiger partial charge in [0.2, 0.25) is 0 Å². The van der Waals surface area contributed by atoms with Crippen molar-refractivity contribution in [3.05, 3.63) is 35.4 Å². The number of hydrogen-bond donors (Lipinski definition) is 1. The van der Waals surface area contributed by atoms with Crippen LogP contribution < -0.4 is 5.32 Å². The molecule has 18 heavy (non-hydrogen) atoms. The summed E-state index contributed by atoms with van der Waals surface area (Å²) >= 11 is 0. The minimum Gasteiger partial charge on any atom is -0.314 e. The summed E-state index contributed by atoms with van der Waals surface area (Å²) < 4.78 is 0. The maximum Gasteiger partial charge on any atom is 0.0236 e. The van der Waals surface area contributed by atoms with Gasteiger partial charge in [-0.2, -0.15) is 0 Å². The number of nitrogens with zero attached hydrogens (tertiary/aromatic N) is 1. The van der Waals surface area contributed by atoms with Gasteiger partial charge in [-0.3, -0.25) is 4.90 Å². The van der Waals surface area contributed by atoms with E-state index in [4.69, 9.17) is 0 Å². The fourth-order valence-corrected chi connectivity index (χ4v) is 2.86. The molecular formula is C16H24N2. The predicted molar refractivity (Wildman–Crippen MR) is 75.7 cm³/mol. The lowest BCUT2D eigenvalue weighted by molar-refractivity contribution is 0.265. The Labute approximate surface area is 110 Å². The van der Waals surface area contributed by atoms with E-state index in [1.54, 1.807) is 11.1 Å². The molecule has 0 bridgehead atoms. The first kappa shape index (κ1) is 12.2. The molecule has 98 valence electrons. The fourth-order valence-electron chi connectivity index (χ4n) is 2.86. The summed E-state index contributed by atoms with van der Waals surface area (Å²) in [5, 5.41) is 3.60. The quantitative estimate of drug-likeness (QED) is 0.801. The van der Waals surface area contributed by atoms with Crippen molar-refractivity contribution in [3.8, 4) is 0 Å². The molecule has 0 radical (unpaired) electrons. The molecule has 2 nitrogen and oxygen atoms in total. The Morgan fingerprint density at radius 2 is 2.00 bits per heavy atom. The highest BCUT2D eigenvalue weighted by Gasteiger charge is 2.20. The van der Waals surface area contributed by atoms with Crippen LogP contribution in [0.2, 0.25) is 0 Å². The van der Waals surface area contributed by atoms with Crippen LogP contribution in [-0.4, -0.2) is 30.6 Å². The van der Waals surface area contributed by atoms with Gasteiger partial charge in [-0.05, 0) is 62.9 Å². The van der Waals surface area contributed by atoms with Crippen molar-refractivity contribution in [3.63, 3.8) is 0 Å². The van der Waals surface area contributed by atoms with E-state index in [0.29, 0.717) is 0 Å². The van der Waals surface area contributed by atoms with Crippen LogP contribution >= 0.6 is 0 Å². The van der Waals surface area contributed by atoms with Gasteiger partial charge in [-0.25, -0.2) is 0 Å². The van der Waals surface area contributed by atoms with E-state index in [1.807, 2.05) is 0 Å². The zero-order valence-corrected chi connectivity index (χ0v) is 11.2. The zero-order valence-electron chi connectivity index (χ0n) is 11.2. The van der Waals surface area contributed by atoms with Gasteiger partial charge >= 0.3 is 0 Å². The van der Waals surface area contributed by atoms with Gasteiger partial charge in [0, 0.05) is 12.6 Å². The Kier molecular flexibility index (Phi) is 3.96. The van der Waals surface area contributed by atoms with Crippen LogP contribution in [0.3, 0.4) is 0 Å². The van der Waals surface area contributed by atoms with Crippen LogP contribution in [-0.2, 0) is 13.0 Å². The average Bonchev–Trinajstić information content (AvgIpc) is 3.21. The molecule has 1 N–H and O–H groups in total. The van der Waals surface area contributed by atoms with Crippen molar-refractivity contribution < 1.29 is 0 Å². The van der Waals surface area contributed by atoms with E-state index in [2.05, 4.69) is 34.5 Å². The molecule has 1 saturated carbocycles. The average molecular weight is 244 g/mol. The third kappa shape index (κ3) is 3.33. The molecule has 1 heterocycles. The van der Waals surface area contributed by atoms with E-state index >= 15 is 0 Å². The first-order valence-electron chi connectivity index (χ1n) is 7.44. The lowest BCUT2D eigenvalue weighted by atomic mass is 10.0. The molecule has 0 amide bonds. The molecule has 0 spiro atoms. The van der Waals surface area contributed by atoms with Crippen LogP contribution in [0.5, 0.6) is 0 Å². The minimum atomic E-state index is 0.856. The van der Waals surface area contributed by atoms with Gasteiger partial charge in [0.05, 0.1) is 0 Å². The summed E-state index contributed by atoms with van der Waals surface area (Å²) in [7, 11) is 0. The second kappa shape index (κ2) is 5.85. The highest BCUT2D eigenvalue weighted by molar-refractivity contribution is 5.27. The smallest absolute Gasteiger partial charge is 0.0236 e. The molecule has 2 aliphatic rings. The Balaban J connectivity index is 1.47. The van der Waals surface area contributed by atoms with E-state index in [1.165, 1.54) is 51.7 Å². The Morgan fingerprint density at radius 3 is 2.83 bits per heavy atom. The van der Waals surface area contributed by atoms with Crippen LogP contribution in [0.1, 0.15) is 36.8 Å². The van der Waals surface area contributed by atoms with Crippen molar-refractivity contribution in [2.24, 2.45) is 0 Å². The second-order valence-corrected chi connectivity index (χ2v) is 5.73. The number of rotatable bonds is 5. The Hall–Kier alpha value is -0.860. The largest absolute Gasteiger partial charge is 0.314 e. The van der Waals surface area contributed by atoms with Gasteiger partial charge in [0.1, 0.15) is 0 Å². The van der Waals surface area contributed by atoms with Crippen LogP contribution in [0, 0.1) is 0 Å². The van der Waals surface area contributed by atoms with Crippen LogP contribution in [0.25, 0.3) is 0 Å². The van der Waals surface area contributed by atoms with Gasteiger partial charge < -0.3 is 5.32 Å². The van der Waals surface area contributed by atoms with Crippen LogP contribution in [0.4, 0.5) is 0 Å². The lowest BCUT2D eigenvalue weighted by Crippen LogP contribution is -2.28. The third-order valence-electron chi connectivity index (χ3n) is 4.09. The monoisotopic (exact) mass is 244 g/mol. The molecule has 1 aromatic rings. The fraction of sp³-hybridized carbons (Fsp3) is 0.625. The molecule has 2 heteroatoms. The van der Waals surface area contributed by atoms with Crippen LogP contribution in [0.15, 0.2) is 24.3 Å². The molecule has 1 aromatic carbocycles. The summed E-state index contributed by atoms with van der Waals surface area (Å²) in [5.74, 6) is 0. The SMILES string of the molecule is c1ccc2c(c1)CCCN(CCCNC1CC1)C2. The van der Waals surface area contributed by atoms with Crippen molar-refractivity contribution >= 4 is 0 Å². The molecular weight excluding hydrogens is 220 g/mol. The normalized spacial score (nSPS) is 20.4. The highest BCUT2D eigenvalue weighted by Crippen LogP contribution is 2.19. The number of fused-ring (bicyclic) bond motifs is 1. The van der Waals surface area contributed by atoms with Crippen molar-refractivity contribution in [1.29, 1.82) is 0 Å². The molecule has 0 unspecified atom stereocenters. The summed E-state index contributed by atoms with van der Waals surface area (Å²) in [6.07, 6.45) is 6.66. The van der Waals surface area contributed by atoms with Crippen molar-refractivity contribution in [2.45, 2.75) is 44.7 Å². The van der Waals surface area contributed by atoms with Gasteiger partial charge in [0.25, 0.3) is 0 Å². The Bertz CT molecular complexity index is 384. The molecule has 1 aliphatic carbocycles. The topological polar surface area (TPSA) is 15.3 Å². The standard InChI is InChI=1S/C16H24N2/c1-2-6-15-13-18(11-3-7-14(15)5-1)12-4-10-17-16-8-9-16/h1-2,5-6,16-17H,3-4,7-13H2. The number of hydrogen-bond acceptors (Lipinski definition) is 2. The number of aryl methyl sites for hydroxylation is 1. The summed E-state index contributed by atoms with van der Waals surface area (Å²) in [4.78, 5) is 2.63. The maximum absolute atomic E-state index is 3.60. The molecule has 0 aromatic heterocycles. The molecule has 1 fully saturated rings. The first-order valence-corrected chi connectivity index (χ1v) is 7.44. The summed E-state index contributed by atoms with van der Waals surface area (Å²) in [6, 6.07) is 9.81. The third-order valence-corrected chi connectivity index (χ3v) is 4.09. The number of nitrogens with one attached hydrogen (secondary N) is 1. The second-order valence-electron chi connectivity index (χ2n) is 5.73. The minimum absolute atomic E-state index is 0.856. The van der Waals surface area contributed by atoms with E-state index < -0.39 is 0 Å². The highest BCUT2D eigenvalue weighted by atomic mass is 15.1. The lowest BCUT2D eigenvalue weighted by Gasteiger charge is -2.20. The Morgan fingerprint density at radius 1 is 1.17 bits per heavy atom. The van der Waals surface area contributed by atoms with Gasteiger partial charge in [0.15, 0.2) is 0 Å². The van der Waals surface area contributed by atoms with E-state index in [-0.39, 0.29) is 0 Å². The van der Waals surface area contributed by atoms with E-state index in [0.717, 1.165) is 12.6 Å². The molecule has 0 atom stereocenters. The van der Waals surface area contributed by atoms with Gasteiger partial charge in [-0.1, -0.05) is 24.3 Å². The van der Waals surface area contributed by atoms with Gasteiger partial charge in [-0.15, -0.1) is 0 Å². The summed E-state index contributed by atoms with van der Waals surface area (Å²) in [6.45, 7) is 4.86. The maximum atomic E-state index is 3.60. The molecule has 0 saturated heterocycles. The first-order chi connectivity index (χ1) is 8.92. The van der Waals surface area contributed by atoms with Crippen molar-refractivity contribution in [1.82, 2.24) is 10.2 Å².